The highest BCUT2D eigenvalue weighted by molar-refractivity contribution is 6.04. The lowest BCUT2D eigenvalue weighted by Crippen LogP contribution is -2.16. The minimum Gasteiger partial charge on any atom is -0.321 e. The molecule has 3 aromatic carbocycles. The molecule has 4 rings (SSSR count). The summed E-state index contributed by atoms with van der Waals surface area (Å²) in [6, 6.07) is 23.1. The van der Waals surface area contributed by atoms with Gasteiger partial charge in [-0.15, -0.1) is 0 Å². The Morgan fingerprint density at radius 1 is 0.897 bits per heavy atom. The molecule has 0 aliphatic heterocycles. The van der Waals surface area contributed by atoms with Crippen LogP contribution in [0.4, 0.5) is 10.1 Å². The van der Waals surface area contributed by atoms with Crippen LogP contribution in [-0.2, 0) is 0 Å². The van der Waals surface area contributed by atoms with Gasteiger partial charge in [0.2, 0.25) is 0 Å². The highest BCUT2D eigenvalue weighted by Gasteiger charge is 2.18. The van der Waals surface area contributed by atoms with E-state index >= 15 is 0 Å². The Bertz CT molecular complexity index is 1160. The third-order valence-corrected chi connectivity index (χ3v) is 4.85. The molecule has 144 valence electrons. The summed E-state index contributed by atoms with van der Waals surface area (Å²) in [6.45, 7) is 4.11. The molecule has 0 aliphatic carbocycles. The molecule has 0 spiro atoms. The van der Waals surface area contributed by atoms with Crippen molar-refractivity contribution in [1.29, 1.82) is 0 Å². The molecule has 0 aliphatic rings. The van der Waals surface area contributed by atoms with Crippen molar-refractivity contribution in [2.45, 2.75) is 13.8 Å². The first-order valence-corrected chi connectivity index (χ1v) is 9.31. The minimum absolute atomic E-state index is 0.317. The zero-order valence-electron chi connectivity index (χ0n) is 16.2. The maximum Gasteiger partial charge on any atom is 0.274 e. The van der Waals surface area contributed by atoms with Gasteiger partial charge in [-0.1, -0.05) is 30.3 Å². The zero-order chi connectivity index (χ0) is 20.4. The predicted molar refractivity (Wildman–Crippen MR) is 113 cm³/mol. The SMILES string of the molecule is Cc1ccc(-c2cc(C(=O)Nc3ccc(F)cc3)n(-c3ccccc3)n2)cc1C. The quantitative estimate of drug-likeness (QED) is 0.501. The van der Waals surface area contributed by atoms with E-state index in [4.69, 9.17) is 5.10 Å². The van der Waals surface area contributed by atoms with Gasteiger partial charge in [0.1, 0.15) is 11.5 Å². The van der Waals surface area contributed by atoms with Crippen molar-refractivity contribution < 1.29 is 9.18 Å². The van der Waals surface area contributed by atoms with E-state index in [-0.39, 0.29) is 11.7 Å². The third-order valence-electron chi connectivity index (χ3n) is 4.85. The standard InChI is InChI=1S/C24H20FN3O/c1-16-8-9-18(14-17(16)2)22-15-23(28(27-22)21-6-4-3-5-7-21)24(29)26-20-12-10-19(25)11-13-20/h3-15H,1-2H3,(H,26,29). The fourth-order valence-electron chi connectivity index (χ4n) is 3.08. The summed E-state index contributed by atoms with van der Waals surface area (Å²) >= 11 is 0. The molecule has 4 nitrogen and oxygen atoms in total. The topological polar surface area (TPSA) is 46.9 Å². The summed E-state index contributed by atoms with van der Waals surface area (Å²) in [4.78, 5) is 13.0. The van der Waals surface area contributed by atoms with Gasteiger partial charge >= 0.3 is 0 Å². The van der Waals surface area contributed by atoms with Gasteiger partial charge in [0.05, 0.1) is 11.4 Å². The van der Waals surface area contributed by atoms with Crippen LogP contribution in [0.2, 0.25) is 0 Å². The van der Waals surface area contributed by atoms with Gasteiger partial charge in [-0.2, -0.15) is 5.10 Å². The fraction of sp³-hybridized carbons (Fsp3) is 0.0833. The number of nitrogens with one attached hydrogen (secondary N) is 1. The van der Waals surface area contributed by atoms with Crippen molar-refractivity contribution in [3.8, 4) is 16.9 Å². The summed E-state index contributed by atoms with van der Waals surface area (Å²) in [5.74, 6) is -0.669. The molecule has 0 unspecified atom stereocenters. The highest BCUT2D eigenvalue weighted by atomic mass is 19.1. The number of para-hydroxylation sites is 1. The van der Waals surface area contributed by atoms with Crippen molar-refractivity contribution >= 4 is 11.6 Å². The van der Waals surface area contributed by atoms with Gasteiger partial charge < -0.3 is 5.32 Å². The molecule has 0 atom stereocenters. The second kappa shape index (κ2) is 7.72. The smallest absolute Gasteiger partial charge is 0.274 e. The second-order valence-electron chi connectivity index (χ2n) is 6.92. The minimum atomic E-state index is -0.352. The van der Waals surface area contributed by atoms with Gasteiger partial charge in [0, 0.05) is 11.3 Å². The van der Waals surface area contributed by atoms with Gasteiger partial charge in [0.25, 0.3) is 5.91 Å². The maximum atomic E-state index is 13.2. The molecule has 0 bridgehead atoms. The molecule has 1 amide bonds. The highest BCUT2D eigenvalue weighted by Crippen LogP contribution is 2.24. The van der Waals surface area contributed by atoms with Crippen LogP contribution in [0.5, 0.6) is 0 Å². The monoisotopic (exact) mass is 385 g/mol. The van der Waals surface area contributed by atoms with Gasteiger partial charge in [-0.3, -0.25) is 4.79 Å². The number of hydrogen-bond donors (Lipinski definition) is 1. The summed E-state index contributed by atoms with van der Waals surface area (Å²) in [5.41, 5.74) is 5.71. The number of aromatic nitrogens is 2. The lowest BCUT2D eigenvalue weighted by molar-refractivity contribution is 0.101. The summed E-state index contributed by atoms with van der Waals surface area (Å²) in [7, 11) is 0. The Morgan fingerprint density at radius 2 is 1.62 bits per heavy atom. The van der Waals surface area contributed by atoms with Gasteiger partial charge in [-0.25, -0.2) is 9.07 Å². The number of carbonyl (C=O) groups excluding carboxylic acids is 1. The Morgan fingerprint density at radius 3 is 2.31 bits per heavy atom. The van der Waals surface area contributed by atoms with E-state index < -0.39 is 0 Å². The molecule has 29 heavy (non-hydrogen) atoms. The zero-order valence-corrected chi connectivity index (χ0v) is 16.2. The number of halogens is 1. The van der Waals surface area contributed by atoms with E-state index in [9.17, 15) is 9.18 Å². The normalized spacial score (nSPS) is 10.7. The number of nitrogens with zero attached hydrogens (tertiary/aromatic N) is 2. The lowest BCUT2D eigenvalue weighted by atomic mass is 10.0. The maximum absolute atomic E-state index is 13.2. The number of benzene rings is 3. The number of anilines is 1. The van der Waals surface area contributed by atoms with E-state index in [2.05, 4.69) is 25.2 Å². The van der Waals surface area contributed by atoms with Crippen LogP contribution in [0.25, 0.3) is 16.9 Å². The molecule has 1 N–H and O–H groups in total. The van der Waals surface area contributed by atoms with Crippen LogP contribution in [0.3, 0.4) is 0 Å². The number of amides is 1. The van der Waals surface area contributed by atoms with Crippen LogP contribution in [0.1, 0.15) is 21.6 Å². The molecule has 5 heteroatoms. The molecule has 0 radical (unpaired) electrons. The Balaban J connectivity index is 1.76. The van der Waals surface area contributed by atoms with Crippen molar-refractivity contribution in [1.82, 2.24) is 9.78 Å². The van der Waals surface area contributed by atoms with Crippen LogP contribution >= 0.6 is 0 Å². The summed E-state index contributed by atoms with van der Waals surface area (Å²) in [5, 5.41) is 7.51. The number of carbonyl (C=O) groups is 1. The second-order valence-corrected chi connectivity index (χ2v) is 6.92. The van der Waals surface area contributed by atoms with Gasteiger partial charge in [0.15, 0.2) is 0 Å². The average Bonchev–Trinajstić information content (AvgIpc) is 3.18. The number of aryl methyl sites for hydroxylation is 2. The Hall–Kier alpha value is -3.73. The fourth-order valence-corrected chi connectivity index (χ4v) is 3.08. The third kappa shape index (κ3) is 3.94. The van der Waals surface area contributed by atoms with Crippen molar-refractivity contribution in [3.63, 3.8) is 0 Å². The first-order chi connectivity index (χ1) is 14.0. The van der Waals surface area contributed by atoms with Crippen molar-refractivity contribution in [2.24, 2.45) is 0 Å². The largest absolute Gasteiger partial charge is 0.321 e. The van der Waals surface area contributed by atoms with E-state index in [1.54, 1.807) is 10.7 Å². The van der Waals surface area contributed by atoms with E-state index in [0.29, 0.717) is 17.1 Å². The molecule has 1 heterocycles. The van der Waals surface area contributed by atoms with Crippen molar-refractivity contribution in [2.75, 3.05) is 5.32 Å². The molecular weight excluding hydrogens is 365 g/mol. The number of hydrogen-bond acceptors (Lipinski definition) is 2. The van der Waals surface area contributed by atoms with Crippen LogP contribution in [0.15, 0.2) is 78.9 Å². The van der Waals surface area contributed by atoms with Crippen LogP contribution in [0, 0.1) is 19.7 Å². The molecule has 1 aromatic heterocycles. The van der Waals surface area contributed by atoms with Gasteiger partial charge in [-0.05, 0) is 73.5 Å². The first kappa shape index (κ1) is 18.6. The molecule has 0 fully saturated rings. The molecular formula is C24H20FN3O. The summed E-state index contributed by atoms with van der Waals surface area (Å²) in [6.07, 6.45) is 0. The average molecular weight is 385 g/mol. The molecule has 4 aromatic rings. The van der Waals surface area contributed by atoms with E-state index in [1.165, 1.54) is 29.8 Å². The van der Waals surface area contributed by atoms with Crippen LogP contribution in [-0.4, -0.2) is 15.7 Å². The molecule has 0 saturated heterocycles. The van der Waals surface area contributed by atoms with E-state index in [0.717, 1.165) is 16.8 Å². The molecule has 0 saturated carbocycles. The van der Waals surface area contributed by atoms with Crippen LogP contribution < -0.4 is 5.32 Å². The van der Waals surface area contributed by atoms with E-state index in [1.807, 2.05) is 42.5 Å². The lowest BCUT2D eigenvalue weighted by Gasteiger charge is -2.08. The Labute approximate surface area is 168 Å². The van der Waals surface area contributed by atoms with Crippen molar-refractivity contribution in [3.05, 3.63) is 102 Å². The summed E-state index contributed by atoms with van der Waals surface area (Å²) < 4.78 is 14.8. The first-order valence-electron chi connectivity index (χ1n) is 9.31. The predicted octanol–water partition coefficient (Wildman–Crippen LogP) is 5.55. The number of rotatable bonds is 4. The Kier molecular flexibility index (Phi) is 4.96.